The molecule has 0 spiro atoms. The van der Waals surface area contributed by atoms with Crippen molar-refractivity contribution >= 4 is 11.0 Å². The number of nitrogens with one attached hydrogen (secondary N) is 1. The van der Waals surface area contributed by atoms with Crippen LogP contribution in [0.25, 0.3) is 22.3 Å². The predicted octanol–water partition coefficient (Wildman–Crippen LogP) is 4.74. The zero-order valence-electron chi connectivity index (χ0n) is 12.0. The molecule has 0 amide bonds. The highest BCUT2D eigenvalue weighted by molar-refractivity contribution is 5.83. The van der Waals surface area contributed by atoms with E-state index >= 15 is 0 Å². The Hall–Kier alpha value is -2.13. The van der Waals surface area contributed by atoms with Gasteiger partial charge < -0.3 is 9.73 Å². The van der Waals surface area contributed by atoms with Crippen LogP contribution in [0.15, 0.2) is 52.9 Å². The van der Waals surface area contributed by atoms with Gasteiger partial charge in [0.25, 0.3) is 0 Å². The van der Waals surface area contributed by atoms with Crippen molar-refractivity contribution in [2.24, 2.45) is 0 Å². The summed E-state index contributed by atoms with van der Waals surface area (Å²) in [6.45, 7) is 3.93. The Balaban J connectivity index is 1.97. The van der Waals surface area contributed by atoms with Crippen molar-refractivity contribution in [2.45, 2.75) is 19.9 Å². The van der Waals surface area contributed by atoms with Crippen molar-refractivity contribution < 1.29 is 8.81 Å². The zero-order chi connectivity index (χ0) is 14.7. The molecular weight excluding hydrogens is 265 g/mol. The lowest BCUT2D eigenvalue weighted by Gasteiger charge is -2.08. The summed E-state index contributed by atoms with van der Waals surface area (Å²) in [5, 5.41) is 4.20. The number of fused-ring (bicyclic) bond motifs is 1. The lowest BCUT2D eigenvalue weighted by molar-refractivity contribution is 0.617. The molecular formula is C18H18FNO. The largest absolute Gasteiger partial charge is 0.456 e. The van der Waals surface area contributed by atoms with E-state index in [0.29, 0.717) is 5.58 Å². The Kier molecular flexibility index (Phi) is 4.02. The van der Waals surface area contributed by atoms with Crippen LogP contribution < -0.4 is 5.32 Å². The molecule has 0 aliphatic rings. The summed E-state index contributed by atoms with van der Waals surface area (Å²) in [6, 6.07) is 14.6. The van der Waals surface area contributed by atoms with Gasteiger partial charge in [-0.3, -0.25) is 0 Å². The molecule has 108 valence electrons. The van der Waals surface area contributed by atoms with Crippen LogP contribution >= 0.6 is 0 Å². The molecule has 1 aromatic heterocycles. The first kappa shape index (κ1) is 13.8. The molecule has 1 heterocycles. The maximum absolute atomic E-state index is 13.3. The number of furan rings is 1. The molecule has 0 aliphatic carbocycles. The van der Waals surface area contributed by atoms with Gasteiger partial charge >= 0.3 is 0 Å². The van der Waals surface area contributed by atoms with Crippen molar-refractivity contribution in [1.82, 2.24) is 5.32 Å². The van der Waals surface area contributed by atoms with Crippen LogP contribution in [0.4, 0.5) is 4.39 Å². The molecule has 2 nitrogen and oxygen atoms in total. The Morgan fingerprint density at radius 2 is 1.95 bits per heavy atom. The SMILES string of the molecule is CCCNCc1ccccc1-c1cc2cc(F)ccc2o1. The molecule has 0 atom stereocenters. The lowest BCUT2D eigenvalue weighted by atomic mass is 10.0. The molecule has 1 N–H and O–H groups in total. The van der Waals surface area contributed by atoms with Crippen LogP contribution in [0.1, 0.15) is 18.9 Å². The quantitative estimate of drug-likeness (QED) is 0.684. The first-order valence-electron chi connectivity index (χ1n) is 7.26. The van der Waals surface area contributed by atoms with E-state index in [1.807, 2.05) is 24.3 Å². The van der Waals surface area contributed by atoms with Crippen molar-refractivity contribution in [3.63, 3.8) is 0 Å². The third kappa shape index (κ3) is 2.98. The van der Waals surface area contributed by atoms with Gasteiger partial charge in [0, 0.05) is 17.5 Å². The monoisotopic (exact) mass is 283 g/mol. The molecule has 21 heavy (non-hydrogen) atoms. The highest BCUT2D eigenvalue weighted by atomic mass is 19.1. The van der Waals surface area contributed by atoms with E-state index in [1.165, 1.54) is 17.7 Å². The molecule has 3 aromatic rings. The van der Waals surface area contributed by atoms with Gasteiger partial charge in [-0.1, -0.05) is 31.2 Å². The molecule has 3 rings (SSSR count). The number of rotatable bonds is 5. The van der Waals surface area contributed by atoms with Crippen LogP contribution in [-0.2, 0) is 6.54 Å². The molecule has 0 saturated carbocycles. The molecule has 0 unspecified atom stereocenters. The summed E-state index contributed by atoms with van der Waals surface area (Å²) in [5.74, 6) is 0.539. The minimum atomic E-state index is -0.243. The molecule has 2 aromatic carbocycles. The highest BCUT2D eigenvalue weighted by Gasteiger charge is 2.10. The van der Waals surface area contributed by atoms with E-state index in [4.69, 9.17) is 4.42 Å². The van der Waals surface area contributed by atoms with Crippen molar-refractivity contribution in [3.8, 4) is 11.3 Å². The fraction of sp³-hybridized carbons (Fsp3) is 0.222. The minimum absolute atomic E-state index is 0.243. The third-order valence-corrected chi connectivity index (χ3v) is 3.50. The summed E-state index contributed by atoms with van der Waals surface area (Å²) >= 11 is 0. The zero-order valence-corrected chi connectivity index (χ0v) is 12.0. The summed E-state index contributed by atoms with van der Waals surface area (Å²) < 4.78 is 19.1. The molecule has 0 aliphatic heterocycles. The van der Waals surface area contributed by atoms with E-state index in [1.54, 1.807) is 6.07 Å². The molecule has 0 fully saturated rings. The van der Waals surface area contributed by atoms with E-state index in [2.05, 4.69) is 18.3 Å². The average molecular weight is 283 g/mol. The predicted molar refractivity (Wildman–Crippen MR) is 83.6 cm³/mol. The summed E-state index contributed by atoms with van der Waals surface area (Å²) in [6.07, 6.45) is 1.10. The van der Waals surface area contributed by atoms with Gasteiger partial charge in [-0.05, 0) is 42.8 Å². The van der Waals surface area contributed by atoms with Crippen molar-refractivity contribution in [3.05, 3.63) is 59.9 Å². The van der Waals surface area contributed by atoms with E-state index in [-0.39, 0.29) is 5.82 Å². The van der Waals surface area contributed by atoms with Gasteiger partial charge in [0.15, 0.2) is 0 Å². The van der Waals surface area contributed by atoms with Gasteiger partial charge in [0.1, 0.15) is 17.2 Å². The van der Waals surface area contributed by atoms with Gasteiger partial charge in [-0.25, -0.2) is 4.39 Å². The number of benzene rings is 2. The van der Waals surface area contributed by atoms with E-state index in [0.717, 1.165) is 36.2 Å². The summed E-state index contributed by atoms with van der Waals surface area (Å²) in [4.78, 5) is 0. The molecule has 0 radical (unpaired) electrons. The molecule has 3 heteroatoms. The van der Waals surface area contributed by atoms with E-state index < -0.39 is 0 Å². The van der Waals surface area contributed by atoms with Crippen LogP contribution in [0.3, 0.4) is 0 Å². The number of halogens is 1. The topological polar surface area (TPSA) is 25.2 Å². The van der Waals surface area contributed by atoms with Crippen LogP contribution in [0.2, 0.25) is 0 Å². The van der Waals surface area contributed by atoms with Crippen LogP contribution in [0, 0.1) is 5.82 Å². The molecule has 0 bridgehead atoms. The van der Waals surface area contributed by atoms with Gasteiger partial charge in [0.2, 0.25) is 0 Å². The highest BCUT2D eigenvalue weighted by Crippen LogP contribution is 2.30. The fourth-order valence-corrected chi connectivity index (χ4v) is 2.46. The average Bonchev–Trinajstić information content (AvgIpc) is 2.91. The maximum atomic E-state index is 13.3. The third-order valence-electron chi connectivity index (χ3n) is 3.50. The number of hydrogen-bond donors (Lipinski definition) is 1. The Morgan fingerprint density at radius 3 is 2.81 bits per heavy atom. The normalized spacial score (nSPS) is 11.1. The maximum Gasteiger partial charge on any atom is 0.135 e. The Morgan fingerprint density at radius 1 is 1.10 bits per heavy atom. The van der Waals surface area contributed by atoms with E-state index in [9.17, 15) is 4.39 Å². The second kappa shape index (κ2) is 6.10. The van der Waals surface area contributed by atoms with Gasteiger partial charge in [0.05, 0.1) is 0 Å². The summed E-state index contributed by atoms with van der Waals surface area (Å²) in [7, 11) is 0. The van der Waals surface area contributed by atoms with Crippen molar-refractivity contribution in [1.29, 1.82) is 0 Å². The first-order valence-corrected chi connectivity index (χ1v) is 7.26. The second-order valence-electron chi connectivity index (χ2n) is 5.13. The van der Waals surface area contributed by atoms with Gasteiger partial charge in [-0.15, -0.1) is 0 Å². The Labute approximate surface area is 123 Å². The van der Waals surface area contributed by atoms with Crippen LogP contribution in [-0.4, -0.2) is 6.54 Å². The fourth-order valence-electron chi connectivity index (χ4n) is 2.46. The smallest absolute Gasteiger partial charge is 0.135 e. The van der Waals surface area contributed by atoms with Crippen LogP contribution in [0.5, 0.6) is 0 Å². The standard InChI is InChI=1S/C18H18FNO/c1-2-9-20-12-13-5-3-4-6-16(13)18-11-14-10-15(19)7-8-17(14)21-18/h3-8,10-11,20H,2,9,12H2,1H3. The number of hydrogen-bond acceptors (Lipinski definition) is 2. The van der Waals surface area contributed by atoms with Gasteiger partial charge in [-0.2, -0.15) is 0 Å². The minimum Gasteiger partial charge on any atom is -0.456 e. The lowest BCUT2D eigenvalue weighted by Crippen LogP contribution is -2.14. The Bertz CT molecular complexity index is 748. The summed E-state index contributed by atoms with van der Waals surface area (Å²) in [5.41, 5.74) is 2.95. The second-order valence-corrected chi connectivity index (χ2v) is 5.13. The molecule has 0 saturated heterocycles. The van der Waals surface area contributed by atoms with Crippen molar-refractivity contribution in [2.75, 3.05) is 6.54 Å². The first-order chi connectivity index (χ1) is 10.3.